The van der Waals surface area contributed by atoms with Crippen LogP contribution in [0.15, 0.2) is 53.3 Å². The molecule has 3 nitrogen and oxygen atoms in total. The molecule has 0 bridgehead atoms. The molecule has 0 fully saturated rings. The van der Waals surface area contributed by atoms with Crippen molar-refractivity contribution in [3.05, 3.63) is 53.3 Å². The van der Waals surface area contributed by atoms with Gasteiger partial charge in [0, 0.05) is 17.8 Å². The van der Waals surface area contributed by atoms with Crippen LogP contribution in [0, 0.1) is 0 Å². The molecule has 1 aromatic carbocycles. The number of rotatable bonds is 2. The van der Waals surface area contributed by atoms with E-state index >= 15 is 0 Å². The van der Waals surface area contributed by atoms with Crippen LogP contribution >= 0.6 is 15.9 Å². The number of fused-ring (bicyclic) bond motifs is 1. The summed E-state index contributed by atoms with van der Waals surface area (Å²) in [7, 11) is 1.65. The summed E-state index contributed by atoms with van der Waals surface area (Å²) < 4.78 is 8.15. The number of hydrogen-bond donors (Lipinski definition) is 0. The molecule has 0 atom stereocenters. The molecule has 0 N–H and O–H groups in total. The van der Waals surface area contributed by atoms with Gasteiger partial charge in [0.15, 0.2) is 0 Å². The Morgan fingerprint density at radius 1 is 1.17 bits per heavy atom. The van der Waals surface area contributed by atoms with E-state index in [-0.39, 0.29) is 0 Å². The summed E-state index contributed by atoms with van der Waals surface area (Å²) in [5.41, 5.74) is 2.89. The van der Waals surface area contributed by atoms with E-state index in [1.807, 2.05) is 53.1 Å². The van der Waals surface area contributed by atoms with Crippen LogP contribution in [0.2, 0.25) is 0 Å². The summed E-state index contributed by atoms with van der Waals surface area (Å²) in [4.78, 5) is 4.63. The zero-order valence-corrected chi connectivity index (χ0v) is 11.4. The van der Waals surface area contributed by atoms with E-state index in [0.29, 0.717) is 0 Å². The molecule has 2 aromatic heterocycles. The fraction of sp³-hybridized carbons (Fsp3) is 0.0714. The predicted molar refractivity (Wildman–Crippen MR) is 74.9 cm³/mol. The molecule has 3 aromatic rings. The normalized spacial score (nSPS) is 10.8. The number of nitrogens with zero attached hydrogens (tertiary/aromatic N) is 2. The van der Waals surface area contributed by atoms with Crippen molar-refractivity contribution in [1.82, 2.24) is 9.38 Å². The molecule has 0 aliphatic carbocycles. The number of aromatic nitrogens is 2. The molecule has 0 radical (unpaired) electrons. The topological polar surface area (TPSA) is 26.5 Å². The van der Waals surface area contributed by atoms with Gasteiger partial charge in [0.2, 0.25) is 0 Å². The van der Waals surface area contributed by atoms with E-state index in [1.165, 1.54) is 0 Å². The van der Waals surface area contributed by atoms with Gasteiger partial charge < -0.3 is 4.74 Å². The minimum atomic E-state index is 0.805. The molecule has 90 valence electrons. The second-order valence-electron chi connectivity index (χ2n) is 3.91. The molecule has 0 unspecified atom stereocenters. The highest BCUT2D eigenvalue weighted by atomic mass is 79.9. The first-order chi connectivity index (χ1) is 8.79. The fourth-order valence-corrected chi connectivity index (χ4v) is 2.52. The van der Waals surface area contributed by atoms with E-state index in [1.54, 1.807) is 7.11 Å². The van der Waals surface area contributed by atoms with Crippen LogP contribution in [0.25, 0.3) is 16.9 Å². The summed E-state index contributed by atoms with van der Waals surface area (Å²) in [5, 5.41) is 0. The van der Waals surface area contributed by atoms with Crippen LogP contribution in [0.4, 0.5) is 0 Å². The molecule has 0 amide bonds. The van der Waals surface area contributed by atoms with Gasteiger partial charge in [0.1, 0.15) is 21.7 Å². The lowest BCUT2D eigenvalue weighted by Gasteiger charge is -1.99. The summed E-state index contributed by atoms with van der Waals surface area (Å²) in [5.74, 6) is 0.805. The highest BCUT2D eigenvalue weighted by Gasteiger charge is 2.11. The van der Waals surface area contributed by atoms with E-state index in [2.05, 4.69) is 20.9 Å². The van der Waals surface area contributed by atoms with Gasteiger partial charge in [-0.15, -0.1) is 0 Å². The molecular formula is C14H11BrN2O. The van der Waals surface area contributed by atoms with Gasteiger partial charge in [-0.3, -0.25) is 4.40 Å². The van der Waals surface area contributed by atoms with Crippen molar-refractivity contribution in [2.75, 3.05) is 7.11 Å². The van der Waals surface area contributed by atoms with Crippen LogP contribution in [-0.4, -0.2) is 16.5 Å². The van der Waals surface area contributed by atoms with Crippen molar-refractivity contribution in [2.24, 2.45) is 0 Å². The maximum Gasteiger partial charge on any atom is 0.142 e. The van der Waals surface area contributed by atoms with E-state index in [4.69, 9.17) is 4.74 Å². The lowest BCUT2D eigenvalue weighted by Crippen LogP contribution is -1.87. The average molecular weight is 303 g/mol. The SMILES string of the molecule is COc1ccn2c(Br)c(-c3ccccc3)nc2c1. The van der Waals surface area contributed by atoms with Crippen LogP contribution in [0.5, 0.6) is 5.75 Å². The Morgan fingerprint density at radius 2 is 1.94 bits per heavy atom. The third-order valence-corrected chi connectivity index (χ3v) is 3.58. The second kappa shape index (κ2) is 4.46. The molecule has 0 aliphatic rings. The van der Waals surface area contributed by atoms with Crippen LogP contribution in [0.1, 0.15) is 0 Å². The molecule has 0 aliphatic heterocycles. The van der Waals surface area contributed by atoms with E-state index in [9.17, 15) is 0 Å². The summed E-state index contributed by atoms with van der Waals surface area (Å²) >= 11 is 3.59. The van der Waals surface area contributed by atoms with E-state index < -0.39 is 0 Å². The summed E-state index contributed by atoms with van der Waals surface area (Å²) in [6.45, 7) is 0. The van der Waals surface area contributed by atoms with Crippen molar-refractivity contribution in [3.63, 3.8) is 0 Å². The lowest BCUT2D eigenvalue weighted by molar-refractivity contribution is 0.414. The predicted octanol–water partition coefficient (Wildman–Crippen LogP) is 3.77. The number of benzene rings is 1. The van der Waals surface area contributed by atoms with Gasteiger partial charge in [0.05, 0.1) is 7.11 Å². The zero-order chi connectivity index (χ0) is 12.5. The van der Waals surface area contributed by atoms with Gasteiger partial charge in [-0.25, -0.2) is 4.98 Å². The first-order valence-electron chi connectivity index (χ1n) is 5.56. The Kier molecular flexibility index (Phi) is 2.80. The lowest BCUT2D eigenvalue weighted by atomic mass is 10.2. The fourth-order valence-electron chi connectivity index (χ4n) is 1.90. The van der Waals surface area contributed by atoms with E-state index in [0.717, 1.165) is 27.3 Å². The Balaban J connectivity index is 2.23. The maximum atomic E-state index is 5.21. The minimum absolute atomic E-state index is 0.805. The summed E-state index contributed by atoms with van der Waals surface area (Å²) in [6.07, 6.45) is 1.94. The summed E-state index contributed by atoms with van der Waals surface area (Å²) in [6, 6.07) is 13.9. The minimum Gasteiger partial charge on any atom is -0.497 e. The number of halogens is 1. The number of methoxy groups -OCH3 is 1. The van der Waals surface area contributed by atoms with Gasteiger partial charge >= 0.3 is 0 Å². The Hall–Kier alpha value is -1.81. The Bertz CT molecular complexity index is 692. The first kappa shape index (κ1) is 11.3. The standard InChI is InChI=1S/C14H11BrN2O/c1-18-11-7-8-17-12(9-11)16-13(14(17)15)10-5-3-2-4-6-10/h2-9H,1H3. The number of hydrogen-bond acceptors (Lipinski definition) is 2. The maximum absolute atomic E-state index is 5.21. The Labute approximate surface area is 113 Å². The van der Waals surface area contributed by atoms with Crippen molar-refractivity contribution in [2.45, 2.75) is 0 Å². The smallest absolute Gasteiger partial charge is 0.142 e. The first-order valence-corrected chi connectivity index (χ1v) is 6.36. The molecule has 4 heteroatoms. The van der Waals surface area contributed by atoms with Crippen LogP contribution < -0.4 is 4.74 Å². The second-order valence-corrected chi connectivity index (χ2v) is 4.66. The number of ether oxygens (including phenoxy) is 1. The van der Waals surface area contributed by atoms with Crippen LogP contribution in [0.3, 0.4) is 0 Å². The monoisotopic (exact) mass is 302 g/mol. The molecular weight excluding hydrogens is 292 g/mol. The molecule has 18 heavy (non-hydrogen) atoms. The highest BCUT2D eigenvalue weighted by Crippen LogP contribution is 2.29. The molecule has 0 saturated heterocycles. The van der Waals surface area contributed by atoms with Gasteiger partial charge in [-0.2, -0.15) is 0 Å². The molecule has 0 saturated carbocycles. The molecule has 0 spiro atoms. The molecule has 3 rings (SSSR count). The largest absolute Gasteiger partial charge is 0.497 e. The van der Waals surface area contributed by atoms with Gasteiger partial charge in [0.25, 0.3) is 0 Å². The third kappa shape index (κ3) is 1.78. The van der Waals surface area contributed by atoms with Gasteiger partial charge in [-0.1, -0.05) is 30.3 Å². The van der Waals surface area contributed by atoms with Crippen LogP contribution in [-0.2, 0) is 0 Å². The number of imidazole rings is 1. The third-order valence-electron chi connectivity index (χ3n) is 2.82. The zero-order valence-electron chi connectivity index (χ0n) is 9.80. The average Bonchev–Trinajstić information content (AvgIpc) is 2.76. The van der Waals surface area contributed by atoms with Gasteiger partial charge in [-0.05, 0) is 22.0 Å². The van der Waals surface area contributed by atoms with Crippen molar-refractivity contribution < 1.29 is 4.74 Å². The number of pyridine rings is 1. The van der Waals surface area contributed by atoms with Crippen molar-refractivity contribution in [3.8, 4) is 17.0 Å². The van der Waals surface area contributed by atoms with Crippen molar-refractivity contribution >= 4 is 21.6 Å². The highest BCUT2D eigenvalue weighted by molar-refractivity contribution is 9.10. The molecule has 2 heterocycles. The quantitative estimate of drug-likeness (QED) is 0.720. The Morgan fingerprint density at radius 3 is 2.67 bits per heavy atom. The van der Waals surface area contributed by atoms with Crippen molar-refractivity contribution in [1.29, 1.82) is 0 Å².